The van der Waals surface area contributed by atoms with Gasteiger partial charge in [0.1, 0.15) is 17.8 Å². The number of esters is 1. The third-order valence-electron chi connectivity index (χ3n) is 5.52. The summed E-state index contributed by atoms with van der Waals surface area (Å²) < 4.78 is 29.6. The van der Waals surface area contributed by atoms with Gasteiger partial charge in [-0.25, -0.2) is 9.18 Å². The molecule has 1 amide bonds. The van der Waals surface area contributed by atoms with E-state index in [2.05, 4.69) is 4.98 Å². The van der Waals surface area contributed by atoms with E-state index in [1.807, 2.05) is 25.1 Å². The molecule has 0 radical (unpaired) electrons. The Labute approximate surface area is 213 Å². The highest BCUT2D eigenvalue weighted by Gasteiger charge is 2.35. The van der Waals surface area contributed by atoms with Gasteiger partial charge in [0.2, 0.25) is 5.91 Å². The summed E-state index contributed by atoms with van der Waals surface area (Å²) in [6.45, 7) is 3.44. The van der Waals surface area contributed by atoms with Crippen molar-refractivity contribution >= 4 is 29.3 Å². The summed E-state index contributed by atoms with van der Waals surface area (Å²) in [4.78, 5) is 31.0. The first kappa shape index (κ1) is 25.8. The van der Waals surface area contributed by atoms with Crippen molar-refractivity contribution in [2.45, 2.75) is 18.9 Å². The minimum absolute atomic E-state index is 0.0334. The van der Waals surface area contributed by atoms with E-state index in [0.717, 1.165) is 16.8 Å². The molecule has 1 aromatic heterocycles. The molecule has 0 saturated carbocycles. The molecule has 4 rings (SSSR count). The average Bonchev–Trinajstić information content (AvgIpc) is 3.27. The second kappa shape index (κ2) is 12.6. The first-order valence-electron chi connectivity index (χ1n) is 11.6. The third kappa shape index (κ3) is 6.69. The first-order chi connectivity index (χ1) is 17.5. The van der Waals surface area contributed by atoms with Crippen molar-refractivity contribution < 1.29 is 28.2 Å². The number of thioether (sulfide) groups is 1. The minimum Gasteiger partial charge on any atom is -0.460 e. The fraction of sp³-hybridized carbons (Fsp3) is 0.296. The summed E-state index contributed by atoms with van der Waals surface area (Å²) >= 11 is 1.49. The van der Waals surface area contributed by atoms with E-state index in [4.69, 9.17) is 14.2 Å². The van der Waals surface area contributed by atoms with E-state index in [1.165, 1.54) is 23.9 Å². The second-order valence-electron chi connectivity index (χ2n) is 8.10. The van der Waals surface area contributed by atoms with Gasteiger partial charge >= 0.3 is 5.97 Å². The highest BCUT2D eigenvalue weighted by atomic mass is 32.2. The predicted octanol–water partition coefficient (Wildman–Crippen LogP) is 4.70. The molecule has 1 saturated heterocycles. The third-order valence-corrected chi connectivity index (χ3v) is 6.74. The maximum Gasteiger partial charge on any atom is 0.338 e. The number of halogens is 1. The van der Waals surface area contributed by atoms with Crippen LogP contribution in [0.1, 0.15) is 32.6 Å². The summed E-state index contributed by atoms with van der Waals surface area (Å²) in [6.07, 6.45) is 1.72. The Morgan fingerprint density at radius 2 is 1.83 bits per heavy atom. The molecule has 7 nitrogen and oxygen atoms in total. The Kier molecular flexibility index (Phi) is 9.05. The van der Waals surface area contributed by atoms with Crippen molar-refractivity contribution in [2.75, 3.05) is 37.1 Å². The number of carbonyl (C=O) groups excluding carboxylic acids is 2. The normalized spacial score (nSPS) is 15.3. The minimum atomic E-state index is -0.461. The molecule has 1 aliphatic rings. The van der Waals surface area contributed by atoms with Gasteiger partial charge in [-0.2, -0.15) is 0 Å². The topological polar surface area (TPSA) is 78.0 Å². The molecular formula is C27H27FN2O5S. The number of pyridine rings is 1. The zero-order valence-electron chi connectivity index (χ0n) is 19.9. The summed E-state index contributed by atoms with van der Waals surface area (Å²) in [7, 11) is 0. The first-order valence-corrected chi connectivity index (χ1v) is 12.6. The van der Waals surface area contributed by atoms with Crippen LogP contribution in [0.3, 0.4) is 0 Å². The number of hydrogen-bond acceptors (Lipinski definition) is 7. The lowest BCUT2D eigenvalue weighted by Crippen LogP contribution is -2.28. The standard InChI is InChI=1S/C27H27FN2O5S/c1-19-16-21(27(32)35-15-14-33-12-13-34-17-23-4-2-3-11-29-23)7-10-24(19)30-25(31)18-36-26(30)20-5-8-22(28)9-6-20/h2-11,16,26H,12-15,17-18H2,1H3. The highest BCUT2D eigenvalue weighted by Crippen LogP contribution is 2.42. The van der Waals surface area contributed by atoms with Crippen LogP contribution in [0.5, 0.6) is 0 Å². The number of anilines is 1. The lowest BCUT2D eigenvalue weighted by molar-refractivity contribution is -0.115. The largest absolute Gasteiger partial charge is 0.460 e. The Morgan fingerprint density at radius 3 is 2.58 bits per heavy atom. The number of carbonyl (C=O) groups is 2. The summed E-state index contributed by atoms with van der Waals surface area (Å²) in [5, 5.41) is -0.250. The van der Waals surface area contributed by atoms with E-state index in [9.17, 15) is 14.0 Å². The van der Waals surface area contributed by atoms with Crippen LogP contribution in [0.15, 0.2) is 66.9 Å². The average molecular weight is 511 g/mol. The zero-order valence-corrected chi connectivity index (χ0v) is 20.7. The molecule has 1 unspecified atom stereocenters. The van der Waals surface area contributed by atoms with Crippen LogP contribution in [-0.2, 0) is 25.6 Å². The van der Waals surface area contributed by atoms with Crippen LogP contribution in [-0.4, -0.2) is 49.0 Å². The van der Waals surface area contributed by atoms with Crippen LogP contribution in [0.2, 0.25) is 0 Å². The lowest BCUT2D eigenvalue weighted by Gasteiger charge is -2.26. The Balaban J connectivity index is 1.24. The fourth-order valence-electron chi connectivity index (χ4n) is 3.77. The Hall–Kier alpha value is -3.27. The van der Waals surface area contributed by atoms with Gasteiger partial charge in [0.05, 0.1) is 43.4 Å². The molecule has 36 heavy (non-hydrogen) atoms. The van der Waals surface area contributed by atoms with Crippen molar-refractivity contribution in [1.82, 2.24) is 4.98 Å². The van der Waals surface area contributed by atoms with Crippen LogP contribution in [0, 0.1) is 12.7 Å². The number of amides is 1. The van der Waals surface area contributed by atoms with Crippen LogP contribution in [0.4, 0.5) is 10.1 Å². The molecule has 1 fully saturated rings. The van der Waals surface area contributed by atoms with E-state index in [-0.39, 0.29) is 30.3 Å². The van der Waals surface area contributed by atoms with Crippen LogP contribution >= 0.6 is 11.8 Å². The molecule has 0 aliphatic carbocycles. The molecule has 9 heteroatoms. The van der Waals surface area contributed by atoms with Gasteiger partial charge < -0.3 is 14.2 Å². The highest BCUT2D eigenvalue weighted by molar-refractivity contribution is 8.00. The fourth-order valence-corrected chi connectivity index (χ4v) is 4.94. The SMILES string of the molecule is Cc1cc(C(=O)OCCOCCOCc2ccccn2)ccc1N1C(=O)CSC1c1ccc(F)cc1. The van der Waals surface area contributed by atoms with E-state index >= 15 is 0 Å². The molecule has 2 aromatic carbocycles. The molecule has 0 N–H and O–H groups in total. The monoisotopic (exact) mass is 510 g/mol. The van der Waals surface area contributed by atoms with Crippen LogP contribution in [0.25, 0.3) is 0 Å². The predicted molar refractivity (Wildman–Crippen MR) is 135 cm³/mol. The Bertz CT molecular complexity index is 1180. The second-order valence-corrected chi connectivity index (χ2v) is 9.17. The Morgan fingerprint density at radius 1 is 1.06 bits per heavy atom. The molecule has 1 aliphatic heterocycles. The molecule has 2 heterocycles. The number of nitrogens with zero attached hydrogens (tertiary/aromatic N) is 2. The van der Waals surface area contributed by atoms with Crippen molar-refractivity contribution in [3.8, 4) is 0 Å². The molecule has 1 atom stereocenters. The van der Waals surface area contributed by atoms with Crippen molar-refractivity contribution in [2.24, 2.45) is 0 Å². The summed E-state index contributed by atoms with van der Waals surface area (Å²) in [6, 6.07) is 16.9. The molecule has 0 bridgehead atoms. The number of aromatic nitrogens is 1. The molecule has 0 spiro atoms. The van der Waals surface area contributed by atoms with E-state index < -0.39 is 5.97 Å². The van der Waals surface area contributed by atoms with Gasteiger partial charge in [-0.15, -0.1) is 11.8 Å². The number of benzene rings is 2. The number of ether oxygens (including phenoxy) is 3. The van der Waals surface area contributed by atoms with E-state index in [1.54, 1.807) is 41.4 Å². The smallest absolute Gasteiger partial charge is 0.338 e. The maximum absolute atomic E-state index is 13.3. The van der Waals surface area contributed by atoms with Gasteiger partial charge in [-0.1, -0.05) is 18.2 Å². The quantitative estimate of drug-likeness (QED) is 0.273. The molecule has 188 valence electrons. The lowest BCUT2D eigenvalue weighted by atomic mass is 10.1. The van der Waals surface area contributed by atoms with Crippen molar-refractivity contribution in [3.05, 3.63) is 95.1 Å². The van der Waals surface area contributed by atoms with Gasteiger partial charge in [0.15, 0.2) is 0 Å². The summed E-state index contributed by atoms with van der Waals surface area (Å²) in [5.74, 6) is -0.483. The van der Waals surface area contributed by atoms with Gasteiger partial charge in [-0.3, -0.25) is 14.7 Å². The van der Waals surface area contributed by atoms with Gasteiger partial charge in [0.25, 0.3) is 0 Å². The van der Waals surface area contributed by atoms with E-state index in [0.29, 0.717) is 36.8 Å². The van der Waals surface area contributed by atoms with Crippen LogP contribution < -0.4 is 4.90 Å². The number of hydrogen-bond donors (Lipinski definition) is 0. The van der Waals surface area contributed by atoms with Crippen molar-refractivity contribution in [1.29, 1.82) is 0 Å². The molecular weight excluding hydrogens is 483 g/mol. The maximum atomic E-state index is 13.3. The summed E-state index contributed by atoms with van der Waals surface area (Å²) in [5.41, 5.74) is 3.58. The molecule has 3 aromatic rings. The van der Waals surface area contributed by atoms with Crippen molar-refractivity contribution in [3.63, 3.8) is 0 Å². The van der Waals surface area contributed by atoms with Gasteiger partial charge in [0, 0.05) is 11.9 Å². The zero-order chi connectivity index (χ0) is 25.3. The van der Waals surface area contributed by atoms with Gasteiger partial charge in [-0.05, 0) is 60.5 Å². The number of aryl methyl sites for hydroxylation is 1. The number of rotatable bonds is 11.